The van der Waals surface area contributed by atoms with Crippen LogP contribution in [0.5, 0.6) is 0 Å². The number of amides is 1. The van der Waals surface area contributed by atoms with Crippen molar-refractivity contribution in [3.05, 3.63) is 88.4 Å². The van der Waals surface area contributed by atoms with E-state index in [1.54, 1.807) is 23.1 Å². The van der Waals surface area contributed by atoms with Crippen LogP contribution in [0, 0.1) is 0 Å². The van der Waals surface area contributed by atoms with Gasteiger partial charge in [-0.1, -0.05) is 83.9 Å². The topological polar surface area (TPSA) is 57.6 Å². The summed E-state index contributed by atoms with van der Waals surface area (Å²) in [6, 6.07) is 22.6. The van der Waals surface area contributed by atoms with E-state index in [4.69, 9.17) is 0 Å². The average molecular weight is 478 g/mol. The van der Waals surface area contributed by atoms with Crippen molar-refractivity contribution in [2.75, 3.05) is 11.4 Å². The van der Waals surface area contributed by atoms with Gasteiger partial charge >= 0.3 is 0 Å². The molecule has 1 amide bonds. The summed E-state index contributed by atoms with van der Waals surface area (Å²) >= 11 is 3.42. The van der Waals surface area contributed by atoms with Crippen LogP contribution in [0.1, 0.15) is 42.1 Å². The van der Waals surface area contributed by atoms with Crippen LogP contribution >= 0.6 is 15.9 Å². The smallest absolute Gasteiger partial charge is 0.264 e. The quantitative estimate of drug-likeness (QED) is 0.442. The molecule has 4 nitrogen and oxygen atoms in total. The zero-order chi connectivity index (χ0) is 22.0. The molecule has 31 heavy (non-hydrogen) atoms. The molecule has 0 saturated heterocycles. The lowest BCUT2D eigenvalue weighted by molar-refractivity contribution is -0.135. The van der Waals surface area contributed by atoms with E-state index >= 15 is 0 Å². The number of halogens is 1. The fraction of sp³-hybridized carbons (Fsp3) is 0.231. The first kappa shape index (κ1) is 21.5. The predicted octanol–water partition coefficient (Wildman–Crippen LogP) is 5.72. The number of fused-ring (bicyclic) bond motifs is 1. The lowest BCUT2D eigenvalue weighted by Gasteiger charge is -2.22. The molecule has 3 aromatic rings. The summed E-state index contributed by atoms with van der Waals surface area (Å²) < 4.78 is 0.759. The third-order valence-corrected chi connectivity index (χ3v) is 6.25. The second-order valence-electron chi connectivity index (χ2n) is 7.88. The Morgan fingerprint density at radius 1 is 1.00 bits per heavy atom. The van der Waals surface area contributed by atoms with Gasteiger partial charge in [0.25, 0.3) is 5.91 Å². The van der Waals surface area contributed by atoms with Crippen molar-refractivity contribution < 1.29 is 14.7 Å². The largest absolute Gasteiger partial charge is 0.375 e. The predicted molar refractivity (Wildman–Crippen MR) is 126 cm³/mol. The van der Waals surface area contributed by atoms with Crippen LogP contribution in [-0.4, -0.2) is 23.3 Å². The molecule has 0 aromatic heterocycles. The molecule has 0 aliphatic carbocycles. The van der Waals surface area contributed by atoms with Gasteiger partial charge in [-0.05, 0) is 35.7 Å². The maximum absolute atomic E-state index is 13.2. The van der Waals surface area contributed by atoms with E-state index in [1.807, 2.05) is 54.6 Å². The van der Waals surface area contributed by atoms with Gasteiger partial charge < -0.3 is 10.0 Å². The summed E-state index contributed by atoms with van der Waals surface area (Å²) in [4.78, 5) is 27.9. The lowest BCUT2D eigenvalue weighted by atomic mass is 9.88. The highest BCUT2D eigenvalue weighted by Gasteiger charge is 2.50. The van der Waals surface area contributed by atoms with Crippen LogP contribution in [0.2, 0.25) is 0 Å². The van der Waals surface area contributed by atoms with Gasteiger partial charge in [0.1, 0.15) is 0 Å². The standard InChI is InChI=1S/C26H24BrNO3/c1-2-3-15-28-23-14-13-21(27)16-22(23)26(31,25(28)30)17-24(29)20-11-9-19(10-12-20)18-7-5-4-6-8-18/h4-14,16,31H,2-3,15,17H2,1H3/t26-/m0/s1. The molecule has 3 aromatic carbocycles. The number of hydrogen-bond acceptors (Lipinski definition) is 3. The fourth-order valence-electron chi connectivity index (χ4n) is 4.05. The Hall–Kier alpha value is -2.76. The molecule has 1 atom stereocenters. The van der Waals surface area contributed by atoms with E-state index < -0.39 is 11.5 Å². The van der Waals surface area contributed by atoms with Gasteiger partial charge in [-0.25, -0.2) is 0 Å². The number of anilines is 1. The molecule has 158 valence electrons. The van der Waals surface area contributed by atoms with Crippen LogP contribution in [0.15, 0.2) is 77.3 Å². The molecule has 1 N–H and O–H groups in total. The Balaban J connectivity index is 1.61. The minimum atomic E-state index is -1.86. The molecule has 1 aliphatic rings. The molecular formula is C26H24BrNO3. The normalized spacial score (nSPS) is 17.6. The molecule has 0 radical (unpaired) electrons. The number of benzene rings is 3. The second kappa shape index (κ2) is 8.77. The van der Waals surface area contributed by atoms with Crippen LogP contribution in [0.4, 0.5) is 5.69 Å². The van der Waals surface area contributed by atoms with Gasteiger partial charge in [0.15, 0.2) is 11.4 Å². The molecule has 0 unspecified atom stereocenters. The Kier molecular flexibility index (Phi) is 6.08. The van der Waals surface area contributed by atoms with Crippen molar-refractivity contribution in [1.29, 1.82) is 0 Å². The highest BCUT2D eigenvalue weighted by atomic mass is 79.9. The number of hydrogen-bond donors (Lipinski definition) is 1. The van der Waals surface area contributed by atoms with E-state index in [-0.39, 0.29) is 12.2 Å². The third-order valence-electron chi connectivity index (χ3n) is 5.76. The molecule has 4 rings (SSSR count). The second-order valence-corrected chi connectivity index (χ2v) is 8.79. The first-order valence-electron chi connectivity index (χ1n) is 10.5. The summed E-state index contributed by atoms with van der Waals surface area (Å²) in [6.45, 7) is 2.57. The number of aliphatic hydroxyl groups is 1. The molecular weight excluding hydrogens is 454 g/mol. The maximum atomic E-state index is 13.2. The zero-order valence-corrected chi connectivity index (χ0v) is 18.9. The van der Waals surface area contributed by atoms with E-state index in [0.29, 0.717) is 23.4 Å². The van der Waals surface area contributed by atoms with Crippen LogP contribution < -0.4 is 4.90 Å². The van der Waals surface area contributed by atoms with E-state index in [0.717, 1.165) is 28.4 Å². The Labute approximate surface area is 190 Å². The van der Waals surface area contributed by atoms with Gasteiger partial charge in [-0.3, -0.25) is 9.59 Å². The van der Waals surface area contributed by atoms with Gasteiger partial charge in [-0.2, -0.15) is 0 Å². The SMILES string of the molecule is CCCCN1C(=O)[C@](O)(CC(=O)c2ccc(-c3ccccc3)cc2)c2cc(Br)ccc21. The summed E-state index contributed by atoms with van der Waals surface area (Å²) in [7, 11) is 0. The van der Waals surface area contributed by atoms with E-state index in [2.05, 4.69) is 22.9 Å². The van der Waals surface area contributed by atoms with E-state index in [1.165, 1.54) is 0 Å². The first-order chi connectivity index (χ1) is 14.9. The van der Waals surface area contributed by atoms with Crippen LogP contribution in [0.25, 0.3) is 11.1 Å². The number of carbonyl (C=O) groups excluding carboxylic acids is 2. The Morgan fingerprint density at radius 2 is 1.68 bits per heavy atom. The molecule has 0 saturated carbocycles. The lowest BCUT2D eigenvalue weighted by Crippen LogP contribution is -2.42. The monoisotopic (exact) mass is 477 g/mol. The average Bonchev–Trinajstić information content (AvgIpc) is 2.99. The number of unbranched alkanes of at least 4 members (excludes halogenated alkanes) is 1. The number of rotatable bonds is 7. The first-order valence-corrected chi connectivity index (χ1v) is 11.3. The summed E-state index contributed by atoms with van der Waals surface area (Å²) in [6.07, 6.45) is 1.47. The number of ketones is 1. The van der Waals surface area contributed by atoms with E-state index in [9.17, 15) is 14.7 Å². The minimum Gasteiger partial charge on any atom is -0.375 e. The fourth-order valence-corrected chi connectivity index (χ4v) is 4.41. The molecule has 5 heteroatoms. The van der Waals surface area contributed by atoms with Crippen molar-refractivity contribution in [3.63, 3.8) is 0 Å². The van der Waals surface area contributed by atoms with Gasteiger partial charge in [0.05, 0.1) is 12.1 Å². The Morgan fingerprint density at radius 3 is 2.35 bits per heavy atom. The molecule has 0 fully saturated rings. The van der Waals surface area contributed by atoms with Crippen molar-refractivity contribution in [1.82, 2.24) is 0 Å². The summed E-state index contributed by atoms with van der Waals surface area (Å²) in [5.74, 6) is -0.693. The van der Waals surface area contributed by atoms with Gasteiger partial charge in [-0.15, -0.1) is 0 Å². The van der Waals surface area contributed by atoms with Crippen molar-refractivity contribution in [2.45, 2.75) is 31.8 Å². The Bertz CT molecular complexity index is 1110. The van der Waals surface area contributed by atoms with Gasteiger partial charge in [0, 0.05) is 22.1 Å². The van der Waals surface area contributed by atoms with Crippen molar-refractivity contribution >= 4 is 33.3 Å². The maximum Gasteiger partial charge on any atom is 0.264 e. The van der Waals surface area contributed by atoms with Crippen molar-refractivity contribution in [3.8, 4) is 11.1 Å². The molecule has 0 bridgehead atoms. The molecule has 0 spiro atoms. The molecule has 1 heterocycles. The number of carbonyl (C=O) groups is 2. The highest BCUT2D eigenvalue weighted by Crippen LogP contribution is 2.44. The zero-order valence-electron chi connectivity index (χ0n) is 17.3. The highest BCUT2D eigenvalue weighted by molar-refractivity contribution is 9.10. The number of nitrogens with zero attached hydrogens (tertiary/aromatic N) is 1. The molecule has 1 aliphatic heterocycles. The minimum absolute atomic E-state index is 0.265. The number of Topliss-reactive ketones (excluding diaryl/α,β-unsaturated/α-hetero) is 1. The third kappa shape index (κ3) is 4.08. The van der Waals surface area contributed by atoms with Crippen molar-refractivity contribution in [2.24, 2.45) is 0 Å². The summed E-state index contributed by atoms with van der Waals surface area (Å²) in [5.41, 5.74) is 1.85. The van der Waals surface area contributed by atoms with Crippen LogP contribution in [0.3, 0.4) is 0 Å². The van der Waals surface area contributed by atoms with Gasteiger partial charge in [0.2, 0.25) is 0 Å². The summed E-state index contributed by atoms with van der Waals surface area (Å²) in [5, 5.41) is 11.4. The van der Waals surface area contributed by atoms with Crippen LogP contribution in [-0.2, 0) is 10.4 Å².